The Morgan fingerprint density at radius 3 is 2.81 bits per heavy atom. The molecule has 7 nitrogen and oxygen atoms in total. The zero-order valence-corrected chi connectivity index (χ0v) is 19.1. The number of pyridine rings is 1. The summed E-state index contributed by atoms with van der Waals surface area (Å²) < 4.78 is 11.5. The Morgan fingerprint density at radius 1 is 1.16 bits per heavy atom. The third-order valence-corrected chi connectivity index (χ3v) is 5.96. The largest absolute Gasteiger partial charge is 0.378 e. The number of aromatic nitrogens is 1. The van der Waals surface area contributed by atoms with Gasteiger partial charge in [-0.2, -0.15) is 0 Å². The molecule has 2 aromatic rings. The van der Waals surface area contributed by atoms with Crippen LogP contribution in [0.3, 0.4) is 0 Å². The number of nitrogens with zero attached hydrogens (tertiary/aromatic N) is 4. The fourth-order valence-corrected chi connectivity index (χ4v) is 4.28. The number of likely N-dealkylation sites (tertiary alicyclic amines) is 1. The molecule has 0 aliphatic carbocycles. The smallest absolute Gasteiger partial charge is 0.194 e. The molecule has 2 saturated heterocycles. The molecule has 32 heavy (non-hydrogen) atoms. The molecule has 0 amide bonds. The summed E-state index contributed by atoms with van der Waals surface area (Å²) in [6.45, 7) is 10.3. The van der Waals surface area contributed by atoms with Crippen molar-refractivity contribution in [1.82, 2.24) is 15.2 Å². The maximum absolute atomic E-state index is 5.99. The molecule has 1 N–H and O–H groups in total. The standard InChI is InChI=1S/C25H35N5O2/c1-2-26-25(28-17-23-9-6-11-27-24(23)29-13-15-31-16-14-29)30-12-10-22(18-30)20-32-19-21-7-4-3-5-8-21/h3-9,11,22H,2,10,12-20H2,1H3,(H,26,28). The van der Waals surface area contributed by atoms with Gasteiger partial charge in [0.2, 0.25) is 0 Å². The molecule has 2 aliphatic heterocycles. The quantitative estimate of drug-likeness (QED) is 0.506. The summed E-state index contributed by atoms with van der Waals surface area (Å²) in [6, 6.07) is 14.5. The topological polar surface area (TPSA) is 62.2 Å². The molecular weight excluding hydrogens is 402 g/mol. The normalized spacial score (nSPS) is 19.4. The van der Waals surface area contributed by atoms with Crippen molar-refractivity contribution in [2.24, 2.45) is 10.9 Å². The summed E-state index contributed by atoms with van der Waals surface area (Å²) in [5.74, 6) is 2.55. The van der Waals surface area contributed by atoms with Gasteiger partial charge in [0.25, 0.3) is 0 Å². The summed E-state index contributed by atoms with van der Waals surface area (Å²) in [7, 11) is 0. The fraction of sp³-hybridized carbons (Fsp3) is 0.520. The SMILES string of the molecule is CCNC(=NCc1cccnc1N1CCOCC1)N1CCC(COCc2ccccc2)C1. The van der Waals surface area contributed by atoms with Gasteiger partial charge in [-0.1, -0.05) is 36.4 Å². The first-order valence-corrected chi connectivity index (χ1v) is 11.7. The molecule has 4 rings (SSSR count). The predicted molar refractivity (Wildman–Crippen MR) is 128 cm³/mol. The maximum atomic E-state index is 5.99. The number of ether oxygens (including phenoxy) is 2. The van der Waals surface area contributed by atoms with Gasteiger partial charge in [0.15, 0.2) is 5.96 Å². The Hall–Kier alpha value is -2.64. The van der Waals surface area contributed by atoms with Crippen LogP contribution in [0.4, 0.5) is 5.82 Å². The highest BCUT2D eigenvalue weighted by Crippen LogP contribution is 2.21. The van der Waals surface area contributed by atoms with E-state index in [2.05, 4.69) is 57.4 Å². The van der Waals surface area contributed by atoms with Gasteiger partial charge < -0.3 is 24.6 Å². The van der Waals surface area contributed by atoms with E-state index in [1.54, 1.807) is 0 Å². The molecular formula is C25H35N5O2. The molecule has 0 radical (unpaired) electrons. The van der Waals surface area contributed by atoms with Crippen LogP contribution in [0.25, 0.3) is 0 Å². The zero-order valence-electron chi connectivity index (χ0n) is 19.1. The summed E-state index contributed by atoms with van der Waals surface area (Å²) >= 11 is 0. The second-order valence-corrected chi connectivity index (χ2v) is 8.36. The second-order valence-electron chi connectivity index (χ2n) is 8.36. The lowest BCUT2D eigenvalue weighted by Crippen LogP contribution is -2.40. The minimum absolute atomic E-state index is 0.532. The van der Waals surface area contributed by atoms with E-state index < -0.39 is 0 Å². The van der Waals surface area contributed by atoms with Gasteiger partial charge in [0, 0.05) is 50.4 Å². The van der Waals surface area contributed by atoms with Crippen LogP contribution in [0.15, 0.2) is 53.7 Å². The van der Waals surface area contributed by atoms with Crippen LogP contribution in [0.2, 0.25) is 0 Å². The number of rotatable bonds is 8. The monoisotopic (exact) mass is 437 g/mol. The van der Waals surface area contributed by atoms with Crippen molar-refractivity contribution in [3.05, 3.63) is 59.8 Å². The van der Waals surface area contributed by atoms with E-state index in [1.807, 2.05) is 18.3 Å². The van der Waals surface area contributed by atoms with Gasteiger partial charge in [-0.15, -0.1) is 0 Å². The summed E-state index contributed by atoms with van der Waals surface area (Å²) in [5, 5.41) is 3.48. The molecule has 3 heterocycles. The lowest BCUT2D eigenvalue weighted by atomic mass is 10.1. The number of anilines is 1. The predicted octanol–water partition coefficient (Wildman–Crippen LogP) is 2.92. The van der Waals surface area contributed by atoms with Crippen LogP contribution < -0.4 is 10.2 Å². The molecule has 0 spiro atoms. The Kier molecular flexibility index (Phi) is 8.34. The summed E-state index contributed by atoms with van der Waals surface area (Å²) in [5.41, 5.74) is 2.39. The van der Waals surface area contributed by atoms with E-state index in [9.17, 15) is 0 Å². The van der Waals surface area contributed by atoms with Crippen LogP contribution in [-0.4, -0.2) is 68.4 Å². The minimum atomic E-state index is 0.532. The van der Waals surface area contributed by atoms with E-state index in [0.717, 1.165) is 76.3 Å². The average molecular weight is 438 g/mol. The highest BCUT2D eigenvalue weighted by atomic mass is 16.5. The van der Waals surface area contributed by atoms with Gasteiger partial charge in [0.1, 0.15) is 5.82 Å². The number of nitrogens with one attached hydrogen (secondary N) is 1. The van der Waals surface area contributed by atoms with Crippen LogP contribution in [0.5, 0.6) is 0 Å². The maximum Gasteiger partial charge on any atom is 0.194 e. The van der Waals surface area contributed by atoms with Crippen LogP contribution >= 0.6 is 0 Å². The van der Waals surface area contributed by atoms with Gasteiger partial charge in [-0.25, -0.2) is 9.98 Å². The number of aliphatic imine (C=N–C) groups is 1. The molecule has 7 heteroatoms. The zero-order chi connectivity index (χ0) is 22.0. The molecule has 1 atom stereocenters. The van der Waals surface area contributed by atoms with Crippen LogP contribution in [-0.2, 0) is 22.6 Å². The summed E-state index contributed by atoms with van der Waals surface area (Å²) in [4.78, 5) is 14.3. The van der Waals surface area contributed by atoms with Crippen molar-refractivity contribution in [2.75, 3.05) is 57.4 Å². The number of guanidine groups is 1. The number of morpholine rings is 1. The molecule has 172 valence electrons. The first-order valence-electron chi connectivity index (χ1n) is 11.7. The molecule has 0 saturated carbocycles. The highest BCUT2D eigenvalue weighted by molar-refractivity contribution is 5.80. The van der Waals surface area contributed by atoms with E-state index in [1.165, 1.54) is 5.56 Å². The molecule has 2 aliphatic rings. The van der Waals surface area contributed by atoms with Gasteiger partial charge >= 0.3 is 0 Å². The van der Waals surface area contributed by atoms with Gasteiger partial charge in [-0.05, 0) is 25.0 Å². The average Bonchev–Trinajstić information content (AvgIpc) is 3.32. The molecule has 1 aromatic carbocycles. The highest BCUT2D eigenvalue weighted by Gasteiger charge is 2.25. The van der Waals surface area contributed by atoms with Crippen molar-refractivity contribution < 1.29 is 9.47 Å². The Morgan fingerprint density at radius 2 is 2.00 bits per heavy atom. The molecule has 0 bridgehead atoms. The van der Waals surface area contributed by atoms with Crippen LogP contribution in [0, 0.1) is 5.92 Å². The molecule has 2 fully saturated rings. The minimum Gasteiger partial charge on any atom is -0.378 e. The van der Waals surface area contributed by atoms with Crippen molar-refractivity contribution in [1.29, 1.82) is 0 Å². The molecule has 1 aromatic heterocycles. The van der Waals surface area contributed by atoms with Crippen molar-refractivity contribution in [3.63, 3.8) is 0 Å². The lowest BCUT2D eigenvalue weighted by molar-refractivity contribution is 0.0906. The van der Waals surface area contributed by atoms with Crippen molar-refractivity contribution in [3.8, 4) is 0 Å². The first-order chi connectivity index (χ1) is 15.8. The van der Waals surface area contributed by atoms with E-state index in [0.29, 0.717) is 19.1 Å². The fourth-order valence-electron chi connectivity index (χ4n) is 4.28. The van der Waals surface area contributed by atoms with E-state index in [4.69, 9.17) is 14.5 Å². The van der Waals surface area contributed by atoms with Gasteiger partial charge in [-0.3, -0.25) is 0 Å². The first kappa shape index (κ1) is 22.6. The van der Waals surface area contributed by atoms with Gasteiger partial charge in [0.05, 0.1) is 33.0 Å². The third-order valence-electron chi connectivity index (χ3n) is 5.96. The van der Waals surface area contributed by atoms with E-state index >= 15 is 0 Å². The summed E-state index contributed by atoms with van der Waals surface area (Å²) in [6.07, 6.45) is 2.99. The Labute approximate surface area is 191 Å². The Balaban J connectivity index is 1.33. The number of hydrogen-bond acceptors (Lipinski definition) is 5. The van der Waals surface area contributed by atoms with E-state index in [-0.39, 0.29) is 0 Å². The second kappa shape index (κ2) is 11.8. The Bertz CT molecular complexity index is 854. The van der Waals surface area contributed by atoms with Crippen molar-refractivity contribution >= 4 is 11.8 Å². The van der Waals surface area contributed by atoms with Crippen molar-refractivity contribution in [2.45, 2.75) is 26.5 Å². The van der Waals surface area contributed by atoms with Crippen LogP contribution in [0.1, 0.15) is 24.5 Å². The number of hydrogen-bond donors (Lipinski definition) is 1. The number of benzene rings is 1. The third kappa shape index (κ3) is 6.20. The lowest BCUT2D eigenvalue weighted by Gasteiger charge is -2.29. The molecule has 1 unspecified atom stereocenters.